The minimum atomic E-state index is 0.154. The van der Waals surface area contributed by atoms with Crippen LogP contribution in [0, 0.1) is 6.92 Å². The summed E-state index contributed by atoms with van der Waals surface area (Å²) in [7, 11) is 1.86. The quantitative estimate of drug-likeness (QED) is 0.906. The zero-order valence-corrected chi connectivity index (χ0v) is 12.5. The maximum Gasteiger partial charge on any atom is 0.236 e. The SMILES string of the molecule is Cc1ccc(Br)cc1CN(C)C(=O)CNC1CC1. The van der Waals surface area contributed by atoms with Gasteiger partial charge in [0.1, 0.15) is 0 Å². The number of nitrogens with zero attached hydrogens (tertiary/aromatic N) is 1. The van der Waals surface area contributed by atoms with Crippen LogP contribution in [0.3, 0.4) is 0 Å². The lowest BCUT2D eigenvalue weighted by Gasteiger charge is -2.19. The van der Waals surface area contributed by atoms with Gasteiger partial charge in [-0.1, -0.05) is 22.0 Å². The minimum absolute atomic E-state index is 0.154. The zero-order chi connectivity index (χ0) is 13.1. The topological polar surface area (TPSA) is 32.3 Å². The number of carbonyl (C=O) groups excluding carboxylic acids is 1. The van der Waals surface area contributed by atoms with Crippen LogP contribution in [0.4, 0.5) is 0 Å². The molecule has 18 heavy (non-hydrogen) atoms. The predicted molar refractivity (Wildman–Crippen MR) is 76.4 cm³/mol. The van der Waals surface area contributed by atoms with E-state index in [-0.39, 0.29) is 5.91 Å². The summed E-state index contributed by atoms with van der Waals surface area (Å²) in [6.45, 7) is 3.19. The van der Waals surface area contributed by atoms with Crippen LogP contribution in [-0.4, -0.2) is 30.4 Å². The van der Waals surface area contributed by atoms with E-state index in [4.69, 9.17) is 0 Å². The summed E-state index contributed by atoms with van der Waals surface area (Å²) in [6.07, 6.45) is 2.42. The molecule has 0 unspecified atom stereocenters. The van der Waals surface area contributed by atoms with Crippen LogP contribution in [0.1, 0.15) is 24.0 Å². The van der Waals surface area contributed by atoms with Crippen molar-refractivity contribution in [2.24, 2.45) is 0 Å². The number of hydrogen-bond donors (Lipinski definition) is 1. The average Bonchev–Trinajstić information content (AvgIpc) is 3.14. The Morgan fingerprint density at radius 1 is 1.50 bits per heavy atom. The summed E-state index contributed by atoms with van der Waals surface area (Å²) in [5.74, 6) is 0.154. The molecular weight excluding hydrogens is 292 g/mol. The van der Waals surface area contributed by atoms with Crippen molar-refractivity contribution in [3.8, 4) is 0 Å². The summed E-state index contributed by atoms with van der Waals surface area (Å²) in [5.41, 5.74) is 2.40. The molecule has 1 aliphatic carbocycles. The fraction of sp³-hybridized carbons (Fsp3) is 0.500. The van der Waals surface area contributed by atoms with E-state index in [1.54, 1.807) is 4.90 Å². The summed E-state index contributed by atoms with van der Waals surface area (Å²) in [6, 6.07) is 6.75. The molecule has 0 atom stereocenters. The highest BCUT2D eigenvalue weighted by molar-refractivity contribution is 9.10. The van der Waals surface area contributed by atoms with Gasteiger partial charge in [0.15, 0.2) is 0 Å². The lowest BCUT2D eigenvalue weighted by atomic mass is 10.1. The van der Waals surface area contributed by atoms with E-state index in [0.29, 0.717) is 19.1 Å². The molecule has 0 saturated heterocycles. The fourth-order valence-electron chi connectivity index (χ4n) is 1.81. The van der Waals surface area contributed by atoms with Crippen molar-refractivity contribution in [1.29, 1.82) is 0 Å². The van der Waals surface area contributed by atoms with E-state index in [1.165, 1.54) is 24.0 Å². The van der Waals surface area contributed by atoms with Gasteiger partial charge in [-0.3, -0.25) is 4.79 Å². The van der Waals surface area contributed by atoms with Crippen LogP contribution in [0.25, 0.3) is 0 Å². The van der Waals surface area contributed by atoms with Crippen molar-refractivity contribution >= 4 is 21.8 Å². The van der Waals surface area contributed by atoms with E-state index < -0.39 is 0 Å². The Morgan fingerprint density at radius 3 is 2.89 bits per heavy atom. The number of halogens is 1. The number of amides is 1. The number of aryl methyl sites for hydroxylation is 1. The van der Waals surface area contributed by atoms with Gasteiger partial charge in [-0.2, -0.15) is 0 Å². The third-order valence-corrected chi connectivity index (χ3v) is 3.76. The van der Waals surface area contributed by atoms with Gasteiger partial charge in [0.2, 0.25) is 5.91 Å². The van der Waals surface area contributed by atoms with E-state index in [2.05, 4.69) is 40.3 Å². The number of rotatable bonds is 5. The molecular formula is C14H19BrN2O. The molecule has 1 saturated carbocycles. The molecule has 3 nitrogen and oxygen atoms in total. The number of likely N-dealkylation sites (N-methyl/N-ethyl adjacent to an activating group) is 1. The third-order valence-electron chi connectivity index (χ3n) is 3.26. The van der Waals surface area contributed by atoms with Gasteiger partial charge in [-0.15, -0.1) is 0 Å². The Hall–Kier alpha value is -0.870. The first-order valence-electron chi connectivity index (χ1n) is 6.28. The molecule has 1 fully saturated rings. The standard InChI is InChI=1S/C14H19BrN2O/c1-10-3-4-12(15)7-11(10)9-17(2)14(18)8-16-13-5-6-13/h3-4,7,13,16H,5-6,8-9H2,1-2H3. The first-order chi connectivity index (χ1) is 8.56. The van der Waals surface area contributed by atoms with Crippen LogP contribution in [0.5, 0.6) is 0 Å². The van der Waals surface area contributed by atoms with Crippen molar-refractivity contribution in [3.05, 3.63) is 33.8 Å². The molecule has 1 amide bonds. The smallest absolute Gasteiger partial charge is 0.236 e. The Kier molecular flexibility index (Phi) is 4.40. The third kappa shape index (κ3) is 3.82. The summed E-state index contributed by atoms with van der Waals surface area (Å²) in [4.78, 5) is 13.7. The van der Waals surface area contributed by atoms with E-state index in [1.807, 2.05) is 13.1 Å². The average molecular weight is 311 g/mol. The Labute approximate surface area is 117 Å². The Balaban J connectivity index is 1.90. The second-order valence-electron chi connectivity index (χ2n) is 4.98. The van der Waals surface area contributed by atoms with Gasteiger partial charge >= 0.3 is 0 Å². The molecule has 4 heteroatoms. The summed E-state index contributed by atoms with van der Waals surface area (Å²) >= 11 is 3.47. The van der Waals surface area contributed by atoms with Gasteiger partial charge in [0.05, 0.1) is 6.54 Å². The molecule has 0 spiro atoms. The van der Waals surface area contributed by atoms with Gasteiger partial charge in [0.25, 0.3) is 0 Å². The van der Waals surface area contributed by atoms with Gasteiger partial charge in [0, 0.05) is 24.1 Å². The number of benzene rings is 1. The maximum atomic E-state index is 11.9. The number of hydrogen-bond acceptors (Lipinski definition) is 2. The maximum absolute atomic E-state index is 11.9. The van der Waals surface area contributed by atoms with Crippen molar-refractivity contribution < 1.29 is 4.79 Å². The summed E-state index contributed by atoms with van der Waals surface area (Å²) in [5, 5.41) is 3.25. The second-order valence-corrected chi connectivity index (χ2v) is 5.89. The van der Waals surface area contributed by atoms with Gasteiger partial charge in [-0.05, 0) is 43.0 Å². The molecule has 0 aromatic heterocycles. The van der Waals surface area contributed by atoms with E-state index in [0.717, 1.165) is 4.47 Å². The Morgan fingerprint density at radius 2 is 2.22 bits per heavy atom. The lowest BCUT2D eigenvalue weighted by Crippen LogP contribution is -2.36. The minimum Gasteiger partial charge on any atom is -0.340 e. The summed E-state index contributed by atoms with van der Waals surface area (Å²) < 4.78 is 1.06. The molecule has 2 rings (SSSR count). The van der Waals surface area contributed by atoms with Crippen LogP contribution in [0.2, 0.25) is 0 Å². The molecule has 0 bridgehead atoms. The van der Waals surface area contributed by atoms with Gasteiger partial charge < -0.3 is 10.2 Å². The predicted octanol–water partition coefficient (Wildman–Crippen LogP) is 2.47. The van der Waals surface area contributed by atoms with Crippen LogP contribution in [-0.2, 0) is 11.3 Å². The first-order valence-corrected chi connectivity index (χ1v) is 7.08. The molecule has 1 aromatic carbocycles. The van der Waals surface area contributed by atoms with Crippen molar-refractivity contribution in [2.45, 2.75) is 32.4 Å². The number of nitrogens with one attached hydrogen (secondary N) is 1. The highest BCUT2D eigenvalue weighted by atomic mass is 79.9. The van der Waals surface area contributed by atoms with Gasteiger partial charge in [-0.25, -0.2) is 0 Å². The highest BCUT2D eigenvalue weighted by Crippen LogP contribution is 2.19. The van der Waals surface area contributed by atoms with Crippen LogP contribution in [0.15, 0.2) is 22.7 Å². The van der Waals surface area contributed by atoms with Crippen molar-refractivity contribution in [2.75, 3.05) is 13.6 Å². The first kappa shape index (κ1) is 13.6. The zero-order valence-electron chi connectivity index (χ0n) is 10.9. The fourth-order valence-corrected chi connectivity index (χ4v) is 2.22. The lowest BCUT2D eigenvalue weighted by molar-refractivity contribution is -0.129. The highest BCUT2D eigenvalue weighted by Gasteiger charge is 2.22. The van der Waals surface area contributed by atoms with E-state index in [9.17, 15) is 4.79 Å². The molecule has 98 valence electrons. The largest absolute Gasteiger partial charge is 0.340 e. The normalized spacial score (nSPS) is 14.6. The van der Waals surface area contributed by atoms with Crippen LogP contribution >= 0.6 is 15.9 Å². The van der Waals surface area contributed by atoms with E-state index >= 15 is 0 Å². The molecule has 1 aromatic rings. The molecule has 0 aliphatic heterocycles. The Bertz CT molecular complexity index is 443. The number of carbonyl (C=O) groups is 1. The van der Waals surface area contributed by atoms with Crippen molar-refractivity contribution in [1.82, 2.24) is 10.2 Å². The second kappa shape index (κ2) is 5.85. The van der Waals surface area contributed by atoms with Crippen LogP contribution < -0.4 is 5.32 Å². The molecule has 1 aliphatic rings. The molecule has 0 radical (unpaired) electrons. The monoisotopic (exact) mass is 310 g/mol. The molecule has 1 N–H and O–H groups in total. The van der Waals surface area contributed by atoms with Crippen molar-refractivity contribution in [3.63, 3.8) is 0 Å². The molecule has 0 heterocycles.